The molecule has 0 amide bonds. The quantitative estimate of drug-likeness (QED) is 0.385. The lowest BCUT2D eigenvalue weighted by Crippen LogP contribution is -2.44. The third kappa shape index (κ3) is 5.00. The van der Waals surface area contributed by atoms with E-state index in [4.69, 9.17) is 9.97 Å². The lowest BCUT2D eigenvalue weighted by molar-refractivity contribution is 0.0728. The topological polar surface area (TPSA) is 69.7 Å². The van der Waals surface area contributed by atoms with E-state index < -0.39 is 0 Å². The predicted octanol–water partition coefficient (Wildman–Crippen LogP) is 5.33. The third-order valence-corrected chi connectivity index (χ3v) is 7.80. The van der Waals surface area contributed by atoms with Gasteiger partial charge in [0.15, 0.2) is 0 Å². The van der Waals surface area contributed by atoms with Gasteiger partial charge in [0.1, 0.15) is 5.82 Å². The number of para-hydroxylation sites is 2. The zero-order valence-electron chi connectivity index (χ0n) is 20.2. The van der Waals surface area contributed by atoms with Gasteiger partial charge in [-0.25, -0.2) is 4.98 Å². The Bertz CT molecular complexity index is 1210. The molecule has 180 valence electrons. The molecule has 3 heterocycles. The van der Waals surface area contributed by atoms with E-state index in [-0.39, 0.29) is 0 Å². The number of nitrogens with zero attached hydrogens (tertiary/aromatic N) is 4. The van der Waals surface area contributed by atoms with Crippen LogP contribution < -0.4 is 5.32 Å². The van der Waals surface area contributed by atoms with E-state index in [9.17, 15) is 0 Å². The molecule has 0 bridgehead atoms. The van der Waals surface area contributed by atoms with Crippen molar-refractivity contribution in [1.29, 1.82) is 0 Å². The van der Waals surface area contributed by atoms with E-state index in [2.05, 4.69) is 68.7 Å². The van der Waals surface area contributed by atoms with Gasteiger partial charge in [0.25, 0.3) is 0 Å². The van der Waals surface area contributed by atoms with Gasteiger partial charge in [-0.2, -0.15) is 0 Å². The summed E-state index contributed by atoms with van der Waals surface area (Å²) in [7, 11) is 0. The minimum atomic E-state index is 0.358. The molecule has 2 aliphatic rings. The first-order valence-electron chi connectivity index (χ1n) is 13.1. The van der Waals surface area contributed by atoms with E-state index in [1.54, 1.807) is 0 Å². The van der Waals surface area contributed by atoms with Crippen molar-refractivity contribution in [3.8, 4) is 0 Å². The number of nitrogens with one attached hydrogen (secondary N) is 2. The molecule has 1 saturated carbocycles. The molecule has 6 rings (SSSR count). The van der Waals surface area contributed by atoms with Crippen LogP contribution in [0.3, 0.4) is 0 Å². The molecule has 6 nitrogen and oxygen atoms in total. The normalized spacial score (nSPS) is 22.4. The van der Waals surface area contributed by atoms with Gasteiger partial charge >= 0.3 is 0 Å². The first-order chi connectivity index (χ1) is 17.3. The molecule has 0 saturated heterocycles. The van der Waals surface area contributed by atoms with Crippen LogP contribution >= 0.6 is 0 Å². The van der Waals surface area contributed by atoms with Gasteiger partial charge in [-0.3, -0.25) is 14.9 Å². The van der Waals surface area contributed by atoms with Crippen LogP contribution in [0.15, 0.2) is 67.0 Å². The van der Waals surface area contributed by atoms with Crippen LogP contribution in [0.5, 0.6) is 0 Å². The largest absolute Gasteiger partial charge is 0.341 e. The minimum Gasteiger partial charge on any atom is -0.341 e. The molecule has 0 unspecified atom stereocenters. The standard InChI is InChI=1S/C29H34N6/c1-2-11-26-25(10-1)33-28(34-26)20-35(27-12-5-7-21-8-6-18-31-29(21)27)24-15-13-22(14-16-24)32-19-23-9-3-4-17-30-23/h1-4,6,8-11,17-18,22,24,27,32H,5,7,12-16,19-20H2,(H,33,34)/t22?,24?,27-/m0/s1. The van der Waals surface area contributed by atoms with Gasteiger partial charge in [0, 0.05) is 31.0 Å². The number of fused-ring (bicyclic) bond motifs is 2. The molecule has 2 aliphatic carbocycles. The highest BCUT2D eigenvalue weighted by atomic mass is 15.2. The highest BCUT2D eigenvalue weighted by Crippen LogP contribution is 2.38. The Morgan fingerprint density at radius 3 is 2.60 bits per heavy atom. The maximum Gasteiger partial charge on any atom is 0.121 e. The summed E-state index contributed by atoms with van der Waals surface area (Å²) in [6, 6.07) is 20.3. The predicted molar refractivity (Wildman–Crippen MR) is 139 cm³/mol. The molecular formula is C29H34N6. The SMILES string of the molecule is c1ccc(CNC2CCC(N(Cc3nc4ccccc4[nH]3)[C@H]3CCCc4cccnc43)CC2)nc1. The van der Waals surface area contributed by atoms with Crippen LogP contribution in [-0.4, -0.2) is 36.9 Å². The van der Waals surface area contributed by atoms with E-state index in [0.29, 0.717) is 18.1 Å². The summed E-state index contributed by atoms with van der Waals surface area (Å²) in [6.07, 6.45) is 12.1. The summed E-state index contributed by atoms with van der Waals surface area (Å²) in [5, 5.41) is 3.75. The number of aromatic nitrogens is 4. The number of H-pyrrole nitrogens is 1. The van der Waals surface area contributed by atoms with E-state index in [1.807, 2.05) is 18.5 Å². The number of rotatable bonds is 7. The Morgan fingerprint density at radius 1 is 0.886 bits per heavy atom. The Balaban J connectivity index is 1.20. The number of hydrogen-bond acceptors (Lipinski definition) is 5. The Morgan fingerprint density at radius 2 is 1.74 bits per heavy atom. The number of aryl methyl sites for hydroxylation is 1. The van der Waals surface area contributed by atoms with Crippen molar-refractivity contribution in [3.63, 3.8) is 0 Å². The lowest BCUT2D eigenvalue weighted by atomic mass is 9.85. The van der Waals surface area contributed by atoms with Crippen LogP contribution in [0, 0.1) is 0 Å². The molecule has 2 N–H and O–H groups in total. The first kappa shape index (κ1) is 22.4. The van der Waals surface area contributed by atoms with Crippen molar-refractivity contribution < 1.29 is 0 Å². The number of benzene rings is 1. The van der Waals surface area contributed by atoms with Gasteiger partial charge in [-0.05, 0) is 80.8 Å². The molecule has 1 fully saturated rings. The van der Waals surface area contributed by atoms with Gasteiger partial charge in [-0.1, -0.05) is 24.3 Å². The number of imidazole rings is 1. The Labute approximate surface area is 207 Å². The Hall–Kier alpha value is -3.09. The second kappa shape index (κ2) is 10.3. The highest BCUT2D eigenvalue weighted by molar-refractivity contribution is 5.74. The molecule has 3 aromatic heterocycles. The van der Waals surface area contributed by atoms with Crippen molar-refractivity contribution in [3.05, 3.63) is 89.8 Å². The second-order valence-electron chi connectivity index (χ2n) is 10.0. The molecule has 35 heavy (non-hydrogen) atoms. The van der Waals surface area contributed by atoms with Gasteiger partial charge < -0.3 is 10.3 Å². The third-order valence-electron chi connectivity index (χ3n) is 7.80. The van der Waals surface area contributed by atoms with Crippen molar-refractivity contribution in [2.24, 2.45) is 0 Å². The number of hydrogen-bond donors (Lipinski definition) is 2. The number of aromatic amines is 1. The zero-order valence-corrected chi connectivity index (χ0v) is 20.2. The number of pyridine rings is 2. The summed E-state index contributed by atoms with van der Waals surface area (Å²) in [4.78, 5) is 20.6. The summed E-state index contributed by atoms with van der Waals surface area (Å²) in [5.41, 5.74) is 5.99. The van der Waals surface area contributed by atoms with Crippen LogP contribution in [0.2, 0.25) is 0 Å². The fourth-order valence-corrected chi connectivity index (χ4v) is 6.02. The summed E-state index contributed by atoms with van der Waals surface area (Å²) in [5.74, 6) is 1.06. The van der Waals surface area contributed by atoms with Crippen LogP contribution in [0.4, 0.5) is 0 Å². The zero-order chi connectivity index (χ0) is 23.5. The fourth-order valence-electron chi connectivity index (χ4n) is 6.02. The van der Waals surface area contributed by atoms with Crippen LogP contribution in [-0.2, 0) is 19.5 Å². The summed E-state index contributed by atoms with van der Waals surface area (Å²) < 4.78 is 0. The molecule has 4 aromatic rings. The Kier molecular flexibility index (Phi) is 6.56. The monoisotopic (exact) mass is 466 g/mol. The maximum absolute atomic E-state index is 4.94. The van der Waals surface area contributed by atoms with E-state index in [1.165, 1.54) is 49.8 Å². The highest BCUT2D eigenvalue weighted by Gasteiger charge is 2.34. The van der Waals surface area contributed by atoms with Gasteiger partial charge in [-0.15, -0.1) is 0 Å². The second-order valence-corrected chi connectivity index (χ2v) is 10.0. The molecular weight excluding hydrogens is 432 g/mol. The van der Waals surface area contributed by atoms with E-state index >= 15 is 0 Å². The van der Waals surface area contributed by atoms with Crippen molar-refractivity contribution >= 4 is 11.0 Å². The average Bonchev–Trinajstić information content (AvgIpc) is 3.34. The van der Waals surface area contributed by atoms with Crippen molar-refractivity contribution in [1.82, 2.24) is 30.2 Å². The van der Waals surface area contributed by atoms with E-state index in [0.717, 1.165) is 42.1 Å². The molecule has 6 heteroatoms. The molecule has 1 aromatic carbocycles. The van der Waals surface area contributed by atoms with Gasteiger partial charge in [0.2, 0.25) is 0 Å². The van der Waals surface area contributed by atoms with Gasteiger partial charge in [0.05, 0.1) is 35.0 Å². The molecule has 0 aliphatic heterocycles. The smallest absolute Gasteiger partial charge is 0.121 e. The van der Waals surface area contributed by atoms with Crippen LogP contribution in [0.1, 0.15) is 67.3 Å². The lowest BCUT2D eigenvalue weighted by Gasteiger charge is -2.42. The summed E-state index contributed by atoms with van der Waals surface area (Å²) in [6.45, 7) is 1.69. The maximum atomic E-state index is 4.94. The minimum absolute atomic E-state index is 0.358. The fraction of sp³-hybridized carbons (Fsp3) is 0.414. The summed E-state index contributed by atoms with van der Waals surface area (Å²) >= 11 is 0. The molecule has 1 atom stereocenters. The van der Waals surface area contributed by atoms with Crippen molar-refractivity contribution in [2.75, 3.05) is 0 Å². The molecule has 0 radical (unpaired) electrons. The van der Waals surface area contributed by atoms with Crippen molar-refractivity contribution in [2.45, 2.75) is 76.2 Å². The first-order valence-corrected chi connectivity index (χ1v) is 13.1. The average molecular weight is 467 g/mol. The van der Waals surface area contributed by atoms with Crippen LogP contribution in [0.25, 0.3) is 11.0 Å². The molecule has 0 spiro atoms.